The third-order valence-electron chi connectivity index (χ3n) is 4.10. The summed E-state index contributed by atoms with van der Waals surface area (Å²) >= 11 is 0. The van der Waals surface area contributed by atoms with Crippen molar-refractivity contribution in [2.45, 2.75) is 24.3 Å². The number of nitrogens with zero attached hydrogens (tertiary/aromatic N) is 4. The molecule has 1 N–H and O–H groups in total. The van der Waals surface area contributed by atoms with E-state index in [1.54, 1.807) is 23.3 Å². The minimum absolute atomic E-state index is 0.133. The molecular weight excluding hydrogens is 338 g/mol. The van der Waals surface area contributed by atoms with Gasteiger partial charge in [-0.3, -0.25) is 4.57 Å². The standard InChI is InChI=1S/C17H17N5O2S/c23-25(24)10-4-7-14-15(25)16(19-11-13-5-2-1-3-6-13)21-17(20-14)22-9-8-18-12-22/h1-3,5-6,8-9,12H,4,7,10-11H2,(H,19,20,21). The van der Waals surface area contributed by atoms with Crippen LogP contribution in [0.4, 0.5) is 5.82 Å². The van der Waals surface area contributed by atoms with Gasteiger partial charge in [-0.05, 0) is 18.4 Å². The van der Waals surface area contributed by atoms with E-state index in [4.69, 9.17) is 0 Å². The minimum atomic E-state index is -3.38. The molecule has 8 heteroatoms. The van der Waals surface area contributed by atoms with Crippen molar-refractivity contribution in [1.82, 2.24) is 19.5 Å². The van der Waals surface area contributed by atoms with Gasteiger partial charge in [-0.2, -0.15) is 4.98 Å². The molecule has 0 radical (unpaired) electrons. The highest BCUT2D eigenvalue weighted by atomic mass is 32.2. The van der Waals surface area contributed by atoms with Crippen LogP contribution in [0.2, 0.25) is 0 Å². The van der Waals surface area contributed by atoms with Crippen LogP contribution in [-0.2, 0) is 22.8 Å². The van der Waals surface area contributed by atoms with Gasteiger partial charge in [0.15, 0.2) is 15.7 Å². The highest BCUT2D eigenvalue weighted by Gasteiger charge is 2.30. The molecule has 0 saturated heterocycles. The molecule has 0 aliphatic carbocycles. The van der Waals surface area contributed by atoms with E-state index in [0.29, 0.717) is 36.8 Å². The van der Waals surface area contributed by atoms with Crippen LogP contribution in [0.5, 0.6) is 0 Å². The smallest absolute Gasteiger partial charge is 0.237 e. The predicted octanol–water partition coefficient (Wildman–Crippen LogP) is 1.99. The Morgan fingerprint density at radius 3 is 2.76 bits per heavy atom. The summed E-state index contributed by atoms with van der Waals surface area (Å²) in [6.07, 6.45) is 6.17. The molecule has 0 saturated carbocycles. The van der Waals surface area contributed by atoms with Gasteiger partial charge in [-0.25, -0.2) is 18.4 Å². The Balaban J connectivity index is 1.78. The van der Waals surface area contributed by atoms with Crippen molar-refractivity contribution < 1.29 is 8.42 Å². The average molecular weight is 355 g/mol. The van der Waals surface area contributed by atoms with Gasteiger partial charge in [-0.1, -0.05) is 30.3 Å². The van der Waals surface area contributed by atoms with Gasteiger partial charge < -0.3 is 5.32 Å². The molecule has 4 rings (SSSR count). The Kier molecular flexibility index (Phi) is 3.96. The summed E-state index contributed by atoms with van der Waals surface area (Å²) in [7, 11) is -3.38. The molecule has 3 aromatic rings. The highest BCUT2D eigenvalue weighted by Crippen LogP contribution is 2.30. The normalized spacial score (nSPS) is 15.5. The number of fused-ring (bicyclic) bond motifs is 1. The molecule has 7 nitrogen and oxygen atoms in total. The molecule has 0 spiro atoms. The molecule has 128 valence electrons. The molecule has 0 atom stereocenters. The molecular formula is C17H17N5O2S. The topological polar surface area (TPSA) is 89.8 Å². The van der Waals surface area contributed by atoms with Crippen molar-refractivity contribution in [3.05, 3.63) is 60.3 Å². The summed E-state index contributed by atoms with van der Waals surface area (Å²) in [4.78, 5) is 13.2. The van der Waals surface area contributed by atoms with Crippen LogP contribution in [0.1, 0.15) is 17.7 Å². The fraction of sp³-hybridized carbons (Fsp3) is 0.235. The molecule has 0 unspecified atom stereocenters. The summed E-state index contributed by atoms with van der Waals surface area (Å²) in [5.74, 6) is 0.912. The maximum Gasteiger partial charge on any atom is 0.237 e. The van der Waals surface area contributed by atoms with Crippen LogP contribution in [0.25, 0.3) is 5.95 Å². The Bertz CT molecular complexity index is 985. The monoisotopic (exact) mass is 355 g/mol. The fourth-order valence-corrected chi connectivity index (χ4v) is 4.55. The van der Waals surface area contributed by atoms with Gasteiger partial charge in [0.05, 0.1) is 11.4 Å². The Hall–Kier alpha value is -2.74. The van der Waals surface area contributed by atoms with Crippen molar-refractivity contribution in [3.8, 4) is 5.95 Å². The lowest BCUT2D eigenvalue weighted by molar-refractivity contribution is 0.583. The van der Waals surface area contributed by atoms with Gasteiger partial charge in [0.1, 0.15) is 11.2 Å². The first-order valence-electron chi connectivity index (χ1n) is 8.03. The van der Waals surface area contributed by atoms with Crippen LogP contribution in [0.15, 0.2) is 53.9 Å². The zero-order chi connectivity index (χ0) is 17.3. The lowest BCUT2D eigenvalue weighted by Gasteiger charge is -2.20. The zero-order valence-corrected chi connectivity index (χ0v) is 14.3. The number of hydrogen-bond donors (Lipinski definition) is 1. The van der Waals surface area contributed by atoms with Crippen molar-refractivity contribution in [1.29, 1.82) is 0 Å². The van der Waals surface area contributed by atoms with E-state index in [9.17, 15) is 8.42 Å². The number of benzene rings is 1. The Morgan fingerprint density at radius 1 is 1.16 bits per heavy atom. The molecule has 0 amide bonds. The number of imidazole rings is 1. The van der Waals surface area contributed by atoms with Crippen LogP contribution in [0, 0.1) is 0 Å². The summed E-state index contributed by atoms with van der Waals surface area (Å²) < 4.78 is 26.8. The van der Waals surface area contributed by atoms with E-state index in [1.165, 1.54) is 0 Å². The summed E-state index contributed by atoms with van der Waals surface area (Å²) in [5.41, 5.74) is 1.62. The van der Waals surface area contributed by atoms with Crippen LogP contribution in [-0.4, -0.2) is 33.7 Å². The fourth-order valence-electron chi connectivity index (χ4n) is 2.91. The van der Waals surface area contributed by atoms with Gasteiger partial charge in [0.2, 0.25) is 5.95 Å². The third-order valence-corrected chi connectivity index (χ3v) is 5.98. The van der Waals surface area contributed by atoms with E-state index in [0.717, 1.165) is 5.56 Å². The van der Waals surface area contributed by atoms with Gasteiger partial charge in [0.25, 0.3) is 0 Å². The summed E-state index contributed by atoms with van der Waals surface area (Å²) in [6.45, 7) is 0.489. The number of rotatable bonds is 4. The number of hydrogen-bond acceptors (Lipinski definition) is 6. The maximum atomic E-state index is 12.6. The third kappa shape index (κ3) is 3.12. The number of aryl methyl sites for hydroxylation is 1. The SMILES string of the molecule is O=S1(=O)CCCc2nc(-n3ccnc3)nc(NCc3ccccc3)c21. The quantitative estimate of drug-likeness (QED) is 0.770. The molecule has 1 aliphatic heterocycles. The molecule has 3 heterocycles. The van der Waals surface area contributed by atoms with Crippen molar-refractivity contribution in [2.75, 3.05) is 11.1 Å². The van der Waals surface area contributed by atoms with Gasteiger partial charge >= 0.3 is 0 Å². The molecule has 1 aromatic carbocycles. The lowest BCUT2D eigenvalue weighted by atomic mass is 10.2. The van der Waals surface area contributed by atoms with Crippen LogP contribution < -0.4 is 5.32 Å². The van der Waals surface area contributed by atoms with E-state index in [-0.39, 0.29) is 10.6 Å². The van der Waals surface area contributed by atoms with Gasteiger partial charge in [0, 0.05) is 18.9 Å². The number of aromatic nitrogens is 4. The van der Waals surface area contributed by atoms with E-state index in [1.807, 2.05) is 30.3 Å². The first-order valence-corrected chi connectivity index (χ1v) is 9.68. The zero-order valence-electron chi connectivity index (χ0n) is 13.5. The van der Waals surface area contributed by atoms with Crippen molar-refractivity contribution in [3.63, 3.8) is 0 Å². The first-order chi connectivity index (χ1) is 12.1. The molecule has 0 fully saturated rings. The summed E-state index contributed by atoms with van der Waals surface area (Å²) in [5, 5.41) is 3.18. The second kappa shape index (κ2) is 6.29. The number of sulfone groups is 1. The Labute approximate surface area is 145 Å². The van der Waals surface area contributed by atoms with Crippen molar-refractivity contribution >= 4 is 15.7 Å². The second-order valence-corrected chi connectivity index (χ2v) is 7.93. The molecule has 1 aliphatic rings. The molecule has 25 heavy (non-hydrogen) atoms. The van der Waals surface area contributed by atoms with Crippen LogP contribution >= 0.6 is 0 Å². The molecule has 2 aromatic heterocycles. The molecule has 0 bridgehead atoms. The van der Waals surface area contributed by atoms with E-state index in [2.05, 4.69) is 20.3 Å². The largest absolute Gasteiger partial charge is 0.365 e. The predicted molar refractivity (Wildman–Crippen MR) is 93.3 cm³/mol. The van der Waals surface area contributed by atoms with E-state index >= 15 is 0 Å². The number of anilines is 1. The first kappa shape index (κ1) is 15.8. The second-order valence-electron chi connectivity index (χ2n) is 5.88. The average Bonchev–Trinajstić information content (AvgIpc) is 3.14. The lowest BCUT2D eigenvalue weighted by Crippen LogP contribution is -2.22. The highest BCUT2D eigenvalue weighted by molar-refractivity contribution is 7.91. The van der Waals surface area contributed by atoms with Gasteiger partial charge in [-0.15, -0.1) is 0 Å². The number of nitrogens with one attached hydrogen (secondary N) is 1. The van der Waals surface area contributed by atoms with E-state index < -0.39 is 9.84 Å². The van der Waals surface area contributed by atoms with Crippen molar-refractivity contribution in [2.24, 2.45) is 0 Å². The van der Waals surface area contributed by atoms with Crippen LogP contribution in [0.3, 0.4) is 0 Å². The minimum Gasteiger partial charge on any atom is -0.365 e. The Morgan fingerprint density at radius 2 is 2.00 bits per heavy atom. The maximum absolute atomic E-state index is 12.6. The summed E-state index contributed by atoms with van der Waals surface area (Å²) in [6, 6.07) is 9.79.